The first-order chi connectivity index (χ1) is 26.4. The van der Waals surface area contributed by atoms with Crippen LogP contribution in [-0.4, -0.2) is 53.7 Å². The van der Waals surface area contributed by atoms with Crippen LogP contribution in [0.4, 0.5) is 11.4 Å². The van der Waals surface area contributed by atoms with Gasteiger partial charge in [0.2, 0.25) is 11.8 Å². The van der Waals surface area contributed by atoms with Gasteiger partial charge in [-0.25, -0.2) is 0 Å². The Balaban J connectivity index is 1.32. The maximum Gasteiger partial charge on any atom is 0.260 e. The smallest absolute Gasteiger partial charge is 0.260 e. The molecule has 2 aliphatic heterocycles. The molecule has 0 unspecified atom stereocenters. The van der Waals surface area contributed by atoms with E-state index in [1.807, 2.05) is 6.08 Å². The number of allylic oxidation sites excluding steroid dienone is 2. The van der Waals surface area contributed by atoms with Crippen LogP contribution in [-0.2, 0) is 24.6 Å². The van der Waals surface area contributed by atoms with Gasteiger partial charge in [0, 0.05) is 28.1 Å². The topological polar surface area (TPSA) is 143 Å². The summed E-state index contributed by atoms with van der Waals surface area (Å²) in [6, 6.07) is 22.6. The van der Waals surface area contributed by atoms with Crippen molar-refractivity contribution in [3.8, 4) is 17.2 Å². The summed E-state index contributed by atoms with van der Waals surface area (Å²) in [5.41, 5.74) is 3.86. The number of hydrazine groups is 1. The van der Waals surface area contributed by atoms with E-state index >= 15 is 4.79 Å². The fourth-order valence-electron chi connectivity index (χ4n) is 9.18. The monoisotopic (exact) mass is 779 g/mol. The number of fused-ring (bicyclic) bond motifs is 4. The number of amides is 4. The summed E-state index contributed by atoms with van der Waals surface area (Å²) in [6.45, 7) is 1.44. The summed E-state index contributed by atoms with van der Waals surface area (Å²) in [6.07, 6.45) is 2.13. The molecular weight excluding hydrogens is 745 g/mol. The number of aromatic hydroxyl groups is 1. The summed E-state index contributed by atoms with van der Waals surface area (Å²) >= 11 is 12.7. The number of Topliss-reactive ketones (excluding diaryl/α,β-unsaturated/α-hetero) is 1. The Morgan fingerprint density at radius 1 is 0.836 bits per heavy atom. The van der Waals surface area contributed by atoms with Crippen LogP contribution in [0.25, 0.3) is 0 Å². The van der Waals surface area contributed by atoms with Crippen molar-refractivity contribution in [2.45, 2.75) is 31.1 Å². The third kappa shape index (κ3) is 5.51. The number of imide groups is 2. The second kappa shape index (κ2) is 13.6. The van der Waals surface area contributed by atoms with Crippen LogP contribution in [0.3, 0.4) is 0 Å². The molecule has 0 bridgehead atoms. The Kier molecular flexibility index (Phi) is 8.97. The molecule has 280 valence electrons. The van der Waals surface area contributed by atoms with Gasteiger partial charge < -0.3 is 14.6 Å². The van der Waals surface area contributed by atoms with Crippen LogP contribution in [0.15, 0.2) is 96.6 Å². The quantitative estimate of drug-likeness (QED) is 0.109. The summed E-state index contributed by atoms with van der Waals surface area (Å²) in [5.74, 6) is -5.74. The van der Waals surface area contributed by atoms with Crippen LogP contribution < -0.4 is 19.8 Å². The maximum atomic E-state index is 15.4. The van der Waals surface area contributed by atoms with Gasteiger partial charge in [0.05, 0.1) is 53.8 Å². The molecule has 13 heteroatoms. The molecule has 4 aliphatic rings. The minimum absolute atomic E-state index is 0.0414. The van der Waals surface area contributed by atoms with E-state index in [0.717, 1.165) is 5.01 Å². The van der Waals surface area contributed by atoms with E-state index in [2.05, 4.69) is 5.43 Å². The van der Waals surface area contributed by atoms with Crippen molar-refractivity contribution in [3.63, 3.8) is 0 Å². The lowest BCUT2D eigenvalue weighted by atomic mass is 9.49. The number of phenolic OH excluding ortho intramolecular Hbond substituents is 1. The number of rotatable bonds is 8. The first-order valence-corrected chi connectivity index (χ1v) is 18.5. The Bertz CT molecular complexity index is 2330. The fourth-order valence-corrected chi connectivity index (χ4v) is 9.63. The molecule has 8 rings (SSSR count). The first kappa shape index (κ1) is 36.3. The summed E-state index contributed by atoms with van der Waals surface area (Å²) in [5, 5.41) is 13.2. The van der Waals surface area contributed by atoms with E-state index < -0.39 is 52.7 Å². The minimum Gasteiger partial charge on any atom is -0.508 e. The number of halogens is 2. The van der Waals surface area contributed by atoms with Gasteiger partial charge in [0.15, 0.2) is 5.78 Å². The molecule has 11 nitrogen and oxygen atoms in total. The molecule has 55 heavy (non-hydrogen) atoms. The number of ether oxygens (including phenoxy) is 2. The van der Waals surface area contributed by atoms with Gasteiger partial charge in [-0.15, -0.1) is 0 Å². The molecule has 6 atom stereocenters. The summed E-state index contributed by atoms with van der Waals surface area (Å²) in [4.78, 5) is 72.2. The average Bonchev–Trinajstić information content (AvgIpc) is 3.56. The maximum absolute atomic E-state index is 15.4. The number of hydrogen-bond donors (Lipinski definition) is 2. The molecule has 4 amide bonds. The van der Waals surface area contributed by atoms with Gasteiger partial charge in [-0.2, -0.15) is 5.01 Å². The van der Waals surface area contributed by atoms with Crippen LogP contribution in [0.1, 0.15) is 47.2 Å². The summed E-state index contributed by atoms with van der Waals surface area (Å²) in [7, 11) is 2.99. The SMILES string of the molecule is COc1ccc([C@@]23C(=O)N(Nc4ccc(Cl)cc4Cl)C(=O)[C@@H]2C[C@@H]2C(=CC[C@@H]4C(=O)N(c5ccc(C(C)=O)cc5)C(=O)[C@@H]42)[C@@H]3c2ccc(OC)cc2O)cc1. The molecule has 1 saturated carbocycles. The Morgan fingerprint density at radius 3 is 2.16 bits per heavy atom. The molecule has 4 aromatic rings. The second-order valence-electron chi connectivity index (χ2n) is 14.3. The number of benzene rings is 4. The number of phenols is 1. The Hall–Kier alpha value is -5.65. The van der Waals surface area contributed by atoms with Gasteiger partial charge in [-0.1, -0.05) is 53.1 Å². The van der Waals surface area contributed by atoms with Crippen LogP contribution >= 0.6 is 23.2 Å². The first-order valence-electron chi connectivity index (χ1n) is 17.7. The lowest BCUT2D eigenvalue weighted by molar-refractivity contribution is -0.138. The third-order valence-electron chi connectivity index (χ3n) is 11.7. The average molecular weight is 781 g/mol. The van der Waals surface area contributed by atoms with Gasteiger partial charge >= 0.3 is 0 Å². The van der Waals surface area contributed by atoms with E-state index in [1.54, 1.807) is 72.8 Å². The van der Waals surface area contributed by atoms with E-state index in [0.29, 0.717) is 44.5 Å². The molecule has 0 radical (unpaired) electrons. The zero-order valence-electron chi connectivity index (χ0n) is 29.9. The number of anilines is 2. The number of methoxy groups -OCH3 is 2. The molecule has 2 N–H and O–H groups in total. The standard InChI is InChI=1S/C42H35Cl2N3O8/c1-21(48)22-4-9-25(10-5-22)46-38(50)30-16-15-28-31(36(30)40(46)52)20-32-39(51)47(45-34-17-8-24(43)18-33(34)44)41(53)42(32,23-6-11-26(54-2)12-7-23)37(28)29-14-13-27(55-3)19-35(29)49/h4-15,17-19,30-32,36-37,45,49H,16,20H2,1-3H3/t30-,31+,32-,36-,37+,42+/m0/s1. The van der Waals surface area contributed by atoms with E-state index in [1.165, 1.54) is 38.2 Å². The van der Waals surface area contributed by atoms with Crippen molar-refractivity contribution in [3.05, 3.63) is 123 Å². The third-order valence-corrected chi connectivity index (χ3v) is 12.2. The Labute approximate surface area is 326 Å². The molecule has 2 aliphatic carbocycles. The van der Waals surface area contributed by atoms with E-state index in [4.69, 9.17) is 32.7 Å². The molecule has 0 spiro atoms. The van der Waals surface area contributed by atoms with E-state index in [-0.39, 0.29) is 41.0 Å². The van der Waals surface area contributed by atoms with Crippen molar-refractivity contribution in [2.24, 2.45) is 23.7 Å². The lowest BCUT2D eigenvalue weighted by Crippen LogP contribution is -2.53. The lowest BCUT2D eigenvalue weighted by Gasteiger charge is -2.50. The molecule has 2 heterocycles. The predicted octanol–water partition coefficient (Wildman–Crippen LogP) is 7.11. The van der Waals surface area contributed by atoms with Gasteiger partial charge in [-0.3, -0.25) is 34.3 Å². The Morgan fingerprint density at radius 2 is 1.53 bits per heavy atom. The van der Waals surface area contributed by atoms with Crippen LogP contribution in [0.5, 0.6) is 17.2 Å². The molecule has 2 saturated heterocycles. The van der Waals surface area contributed by atoms with Crippen molar-refractivity contribution in [2.75, 3.05) is 24.5 Å². The van der Waals surface area contributed by atoms with Crippen molar-refractivity contribution in [1.82, 2.24) is 5.01 Å². The normalized spacial score (nSPS) is 25.6. The number of hydrogen-bond acceptors (Lipinski definition) is 9. The predicted molar refractivity (Wildman–Crippen MR) is 204 cm³/mol. The second-order valence-corrected chi connectivity index (χ2v) is 15.1. The van der Waals surface area contributed by atoms with Gasteiger partial charge in [0.25, 0.3) is 11.8 Å². The largest absolute Gasteiger partial charge is 0.508 e. The van der Waals surface area contributed by atoms with E-state index in [9.17, 15) is 24.3 Å². The highest BCUT2D eigenvalue weighted by Crippen LogP contribution is 2.65. The number of carbonyl (C=O) groups is 5. The summed E-state index contributed by atoms with van der Waals surface area (Å²) < 4.78 is 10.9. The zero-order valence-corrected chi connectivity index (χ0v) is 31.4. The zero-order chi connectivity index (χ0) is 38.9. The van der Waals surface area contributed by atoms with Crippen LogP contribution in [0.2, 0.25) is 10.0 Å². The van der Waals surface area contributed by atoms with Crippen molar-refractivity contribution in [1.29, 1.82) is 0 Å². The van der Waals surface area contributed by atoms with Crippen molar-refractivity contribution >= 4 is 64.0 Å². The number of ketones is 1. The number of nitrogens with one attached hydrogen (secondary N) is 1. The molecule has 0 aromatic heterocycles. The van der Waals surface area contributed by atoms with Crippen molar-refractivity contribution < 1.29 is 38.6 Å². The number of carbonyl (C=O) groups excluding carboxylic acids is 5. The highest BCUT2D eigenvalue weighted by molar-refractivity contribution is 6.36. The molecule has 3 fully saturated rings. The molecular formula is C42H35Cl2N3O8. The number of nitrogens with zero attached hydrogens (tertiary/aromatic N) is 2. The highest BCUT2D eigenvalue weighted by atomic mass is 35.5. The highest BCUT2D eigenvalue weighted by Gasteiger charge is 2.70. The van der Waals surface area contributed by atoms with Crippen LogP contribution in [0, 0.1) is 23.7 Å². The minimum atomic E-state index is -1.65. The molecule has 4 aromatic carbocycles. The fraction of sp³-hybridized carbons (Fsp3) is 0.262. The van der Waals surface area contributed by atoms with Gasteiger partial charge in [-0.05, 0) is 91.9 Å². The van der Waals surface area contributed by atoms with Gasteiger partial charge in [0.1, 0.15) is 17.2 Å².